The number of Topliss-reactive ketones (excluding diaryl/α,β-unsaturated/α-hetero) is 1. The first-order valence-electron chi connectivity index (χ1n) is 15.4. The largest absolute Gasteiger partial charge is 0.481 e. The number of urea groups is 1. The minimum absolute atomic E-state index is 0.0211. The molecule has 2 aromatic heterocycles. The van der Waals surface area contributed by atoms with E-state index in [4.69, 9.17) is 5.11 Å². The summed E-state index contributed by atoms with van der Waals surface area (Å²) in [5.74, 6) is -1.56. The fraction of sp³-hybridized carbons (Fsp3) is 0.306. The maximum atomic E-state index is 12.9. The van der Waals surface area contributed by atoms with Crippen molar-refractivity contribution in [1.82, 2.24) is 9.97 Å². The Balaban J connectivity index is 0.000000979. The van der Waals surface area contributed by atoms with Gasteiger partial charge in [0.2, 0.25) is 0 Å². The Hall–Kier alpha value is -5.21. The van der Waals surface area contributed by atoms with Crippen molar-refractivity contribution >= 4 is 29.3 Å². The number of carbonyl (C=O) groups excluding carboxylic acids is 2. The van der Waals surface area contributed by atoms with Gasteiger partial charge in [-0.15, -0.1) is 0 Å². The van der Waals surface area contributed by atoms with E-state index in [0.29, 0.717) is 31.3 Å². The third kappa shape index (κ3) is 13.4. The van der Waals surface area contributed by atoms with E-state index < -0.39 is 35.9 Å². The lowest BCUT2D eigenvalue weighted by Gasteiger charge is -2.18. The van der Waals surface area contributed by atoms with Crippen LogP contribution in [0.3, 0.4) is 0 Å². The molecule has 2 aromatic carbocycles. The average Bonchev–Trinajstić information content (AvgIpc) is 3.08. The topological polar surface area (TPSA) is 162 Å². The van der Waals surface area contributed by atoms with Crippen molar-refractivity contribution in [3.63, 3.8) is 0 Å². The minimum Gasteiger partial charge on any atom is -0.481 e. The van der Waals surface area contributed by atoms with Crippen LogP contribution in [0, 0.1) is 18.8 Å². The van der Waals surface area contributed by atoms with Crippen molar-refractivity contribution in [3.8, 4) is 11.1 Å². The number of anilines is 2. The van der Waals surface area contributed by atoms with Crippen LogP contribution in [0.5, 0.6) is 0 Å². The van der Waals surface area contributed by atoms with E-state index in [1.807, 2.05) is 6.07 Å². The van der Waals surface area contributed by atoms with E-state index in [9.17, 15) is 42.2 Å². The SMILES string of the molecule is CC(C)C(=O)O.CF.Cc1nc(NC(=O)Nc2ccc(C(F)(F)F)cc2)ccc1-c1ccc(C(=O)CC(CCc2cccnc2)C(O)O)cc1. The van der Waals surface area contributed by atoms with Crippen LogP contribution in [0.1, 0.15) is 53.9 Å². The molecule has 4 rings (SSSR count). The number of aliphatic hydroxyl groups is 2. The van der Waals surface area contributed by atoms with Crippen LogP contribution in [0.25, 0.3) is 11.1 Å². The second-order valence-corrected chi connectivity index (χ2v) is 11.3. The molecule has 0 aliphatic heterocycles. The number of rotatable bonds is 11. The summed E-state index contributed by atoms with van der Waals surface area (Å²) in [4.78, 5) is 43.3. The first-order chi connectivity index (χ1) is 23.6. The summed E-state index contributed by atoms with van der Waals surface area (Å²) in [5, 5.41) is 32.6. The summed E-state index contributed by atoms with van der Waals surface area (Å²) in [6, 6.07) is 17.3. The Kier molecular flexibility index (Phi) is 16.1. The van der Waals surface area contributed by atoms with Gasteiger partial charge in [-0.25, -0.2) is 9.78 Å². The number of nitrogens with one attached hydrogen (secondary N) is 2. The van der Waals surface area contributed by atoms with Gasteiger partial charge in [0.05, 0.1) is 18.7 Å². The second-order valence-electron chi connectivity index (χ2n) is 11.3. The molecular formula is C36H40F4N4O6. The third-order valence-electron chi connectivity index (χ3n) is 7.21. The van der Waals surface area contributed by atoms with Crippen LogP contribution in [0.15, 0.2) is 85.2 Å². The molecule has 2 heterocycles. The van der Waals surface area contributed by atoms with E-state index in [-0.39, 0.29) is 29.6 Å². The summed E-state index contributed by atoms with van der Waals surface area (Å²) in [5.41, 5.74) is 2.91. The smallest absolute Gasteiger partial charge is 0.416 e. The number of aliphatic carboxylic acids is 1. The number of carbonyl (C=O) groups is 3. The van der Waals surface area contributed by atoms with Crippen LogP contribution >= 0.6 is 0 Å². The summed E-state index contributed by atoms with van der Waals surface area (Å²) in [6.45, 7) is 5.04. The number of carboxylic acids is 1. The Morgan fingerprint density at radius 3 is 2.00 bits per heavy atom. The van der Waals surface area contributed by atoms with Gasteiger partial charge in [-0.1, -0.05) is 44.2 Å². The van der Waals surface area contributed by atoms with Gasteiger partial charge in [-0.2, -0.15) is 13.2 Å². The van der Waals surface area contributed by atoms with Crippen molar-refractivity contribution < 1.29 is 47.3 Å². The number of aliphatic hydroxyl groups excluding tert-OH is 1. The molecule has 2 amide bonds. The first-order valence-corrected chi connectivity index (χ1v) is 15.4. The van der Waals surface area contributed by atoms with Crippen molar-refractivity contribution in [3.05, 3.63) is 108 Å². The molecule has 0 fully saturated rings. The normalized spacial score (nSPS) is 11.4. The highest BCUT2D eigenvalue weighted by molar-refractivity contribution is 5.99. The predicted octanol–water partition coefficient (Wildman–Crippen LogP) is 7.56. The van der Waals surface area contributed by atoms with Crippen molar-refractivity contribution in [1.29, 1.82) is 0 Å². The molecule has 5 N–H and O–H groups in total. The molecule has 1 unspecified atom stereocenters. The quantitative estimate of drug-likeness (QED) is 0.0609. The highest BCUT2D eigenvalue weighted by Gasteiger charge is 2.30. The highest BCUT2D eigenvalue weighted by Crippen LogP contribution is 2.30. The third-order valence-corrected chi connectivity index (χ3v) is 7.21. The number of benzene rings is 2. The van der Waals surface area contributed by atoms with Gasteiger partial charge in [-0.05, 0) is 73.4 Å². The number of carboxylic acid groups (broad SMARTS) is 1. The molecule has 0 spiro atoms. The lowest BCUT2D eigenvalue weighted by molar-refractivity contribution is -0.140. The van der Waals surface area contributed by atoms with Crippen molar-refractivity contribution in [2.45, 2.75) is 52.5 Å². The molecule has 0 saturated heterocycles. The Labute approximate surface area is 287 Å². The highest BCUT2D eigenvalue weighted by atomic mass is 19.4. The van der Waals surface area contributed by atoms with E-state index in [0.717, 1.165) is 41.0 Å². The number of aromatic nitrogens is 2. The number of halogens is 4. The predicted molar refractivity (Wildman–Crippen MR) is 181 cm³/mol. The summed E-state index contributed by atoms with van der Waals surface area (Å²) >= 11 is 0. The van der Waals surface area contributed by atoms with E-state index in [2.05, 4.69) is 20.6 Å². The molecule has 268 valence electrons. The molecule has 0 bridgehead atoms. The number of nitrogens with zero attached hydrogens (tertiary/aromatic N) is 2. The molecule has 0 saturated carbocycles. The average molecular weight is 701 g/mol. The lowest BCUT2D eigenvalue weighted by Crippen LogP contribution is -2.23. The van der Waals surface area contributed by atoms with Crippen LogP contribution in [-0.4, -0.2) is 56.5 Å². The summed E-state index contributed by atoms with van der Waals surface area (Å²) in [7, 11) is 0.500. The van der Waals surface area contributed by atoms with Gasteiger partial charge in [0.25, 0.3) is 0 Å². The van der Waals surface area contributed by atoms with E-state index >= 15 is 0 Å². The van der Waals surface area contributed by atoms with Gasteiger partial charge in [-0.3, -0.25) is 24.3 Å². The van der Waals surface area contributed by atoms with E-state index in [1.54, 1.807) is 75.6 Å². The van der Waals surface area contributed by atoms with Gasteiger partial charge in [0, 0.05) is 47.2 Å². The van der Waals surface area contributed by atoms with Gasteiger partial charge >= 0.3 is 18.2 Å². The number of ketones is 1. The molecule has 1 atom stereocenters. The van der Waals surface area contributed by atoms with E-state index in [1.165, 1.54) is 0 Å². The van der Waals surface area contributed by atoms with Crippen LogP contribution in [-0.2, 0) is 17.4 Å². The molecule has 0 aliphatic rings. The van der Waals surface area contributed by atoms with Crippen LogP contribution in [0.2, 0.25) is 0 Å². The second kappa shape index (κ2) is 19.7. The van der Waals surface area contributed by atoms with Crippen molar-refractivity contribution in [2.75, 3.05) is 17.8 Å². The Morgan fingerprint density at radius 1 is 0.880 bits per heavy atom. The fourth-order valence-electron chi connectivity index (χ4n) is 4.40. The number of aryl methyl sites for hydroxylation is 2. The molecule has 0 aliphatic carbocycles. The number of hydrogen-bond donors (Lipinski definition) is 5. The van der Waals surface area contributed by atoms with Crippen molar-refractivity contribution in [2.24, 2.45) is 11.8 Å². The zero-order valence-electron chi connectivity index (χ0n) is 27.9. The van der Waals surface area contributed by atoms with Gasteiger partial charge < -0.3 is 20.6 Å². The van der Waals surface area contributed by atoms with Crippen LogP contribution in [0.4, 0.5) is 33.9 Å². The zero-order valence-corrected chi connectivity index (χ0v) is 27.9. The Bertz CT molecular complexity index is 1670. The van der Waals surface area contributed by atoms with Gasteiger partial charge in [0.1, 0.15) is 5.82 Å². The molecule has 10 nitrogen and oxygen atoms in total. The maximum absolute atomic E-state index is 12.9. The molecule has 14 heteroatoms. The molecule has 4 aromatic rings. The molecule has 50 heavy (non-hydrogen) atoms. The summed E-state index contributed by atoms with van der Waals surface area (Å²) in [6.07, 6.45) is -1.76. The number of alkyl halides is 4. The number of hydrogen-bond acceptors (Lipinski definition) is 7. The standard InChI is InChI=1S/C31H29F3N4O4.C4H8O2.CH3F/c1-19-26(14-15-28(36-19)38-30(42)37-25-12-10-24(11-13-25)31(32,33)34)21-6-8-22(9-7-21)27(39)17-23(29(40)41)5-4-20-3-2-16-35-18-20;1-3(2)4(5)6;1-2/h2-3,6-16,18,23,29,40-41H,4-5,17H2,1H3,(H2,36,37,38,42);3H,1-2H3,(H,5,6);1H3. The summed E-state index contributed by atoms with van der Waals surface area (Å²) < 4.78 is 47.7. The minimum atomic E-state index is -4.47. The fourth-order valence-corrected chi connectivity index (χ4v) is 4.40. The molecule has 0 radical (unpaired) electrons. The molecular weight excluding hydrogens is 660 g/mol. The lowest BCUT2D eigenvalue weighted by atomic mass is 9.91. The monoisotopic (exact) mass is 700 g/mol. The van der Waals surface area contributed by atoms with Crippen LogP contribution < -0.4 is 10.6 Å². The number of pyridine rings is 2. The van der Waals surface area contributed by atoms with Gasteiger partial charge in [0.15, 0.2) is 12.1 Å². The Morgan fingerprint density at radius 2 is 1.50 bits per heavy atom. The number of amides is 2. The first kappa shape index (κ1) is 41.0. The maximum Gasteiger partial charge on any atom is 0.416 e. The zero-order chi connectivity index (χ0) is 37.4.